The number of fused-ring (bicyclic) bond motifs is 3. The van der Waals surface area contributed by atoms with Crippen molar-refractivity contribution in [3.05, 3.63) is 41.6 Å². The standard InChI is InChI=1S/C20H25N3O2/c1-14(24)8-4-3-5-11-18-19-16(12-13-23(18)20(25)21-2)15-9-6-7-10-17(15)22-19/h6-7,9-11,22H,3-5,8,12-13H2,1-2H3,(H,21,25)/b18-11+. The summed E-state index contributed by atoms with van der Waals surface area (Å²) in [7, 11) is 1.66. The molecule has 0 atom stereocenters. The molecule has 5 heteroatoms. The van der Waals surface area contributed by atoms with Crippen LogP contribution in [0.2, 0.25) is 0 Å². The van der Waals surface area contributed by atoms with Crippen LogP contribution in [-0.4, -0.2) is 35.3 Å². The Morgan fingerprint density at radius 1 is 1.28 bits per heavy atom. The van der Waals surface area contributed by atoms with Gasteiger partial charge in [-0.1, -0.05) is 24.3 Å². The third-order valence-corrected chi connectivity index (χ3v) is 4.73. The van der Waals surface area contributed by atoms with Crippen LogP contribution in [0.15, 0.2) is 30.3 Å². The average molecular weight is 339 g/mol. The summed E-state index contributed by atoms with van der Waals surface area (Å²) in [5.41, 5.74) is 4.38. The maximum absolute atomic E-state index is 12.3. The van der Waals surface area contributed by atoms with Crippen LogP contribution in [0.1, 0.15) is 43.9 Å². The molecule has 1 aromatic carbocycles. The van der Waals surface area contributed by atoms with E-state index in [4.69, 9.17) is 0 Å². The first-order valence-corrected chi connectivity index (χ1v) is 8.90. The monoisotopic (exact) mass is 339 g/mol. The first-order chi connectivity index (χ1) is 12.1. The first-order valence-electron chi connectivity index (χ1n) is 8.90. The Balaban J connectivity index is 1.90. The average Bonchev–Trinajstić information content (AvgIpc) is 2.99. The zero-order valence-electron chi connectivity index (χ0n) is 14.9. The number of Topliss-reactive ketones (excluding diaryl/α,β-unsaturated/α-hetero) is 1. The molecule has 1 aromatic heterocycles. The van der Waals surface area contributed by atoms with Crippen molar-refractivity contribution in [1.82, 2.24) is 15.2 Å². The SMILES string of the molecule is CNC(=O)N1CCc2c([nH]c3ccccc23)/C1=C\CCCCC(C)=O. The largest absolute Gasteiger partial charge is 0.353 e. The van der Waals surface area contributed by atoms with Crippen LogP contribution < -0.4 is 5.32 Å². The number of aromatic nitrogens is 1. The first kappa shape index (κ1) is 17.3. The van der Waals surface area contributed by atoms with E-state index in [9.17, 15) is 9.59 Å². The van der Waals surface area contributed by atoms with E-state index in [1.54, 1.807) is 14.0 Å². The Hall–Kier alpha value is -2.56. The van der Waals surface area contributed by atoms with E-state index in [0.29, 0.717) is 13.0 Å². The number of unbranched alkanes of at least 4 members (excludes halogenated alkanes) is 2. The molecule has 132 valence electrons. The van der Waals surface area contributed by atoms with Crippen molar-refractivity contribution in [3.63, 3.8) is 0 Å². The predicted molar refractivity (Wildman–Crippen MR) is 100 cm³/mol. The Kier molecular flexibility index (Phi) is 5.22. The van der Waals surface area contributed by atoms with Crippen molar-refractivity contribution in [1.29, 1.82) is 0 Å². The van der Waals surface area contributed by atoms with Gasteiger partial charge in [-0.05, 0) is 44.2 Å². The minimum Gasteiger partial charge on any atom is -0.353 e. The predicted octanol–water partition coefficient (Wildman–Crippen LogP) is 3.86. The molecule has 0 spiro atoms. The van der Waals surface area contributed by atoms with Crippen LogP contribution in [0.3, 0.4) is 0 Å². The molecule has 2 N–H and O–H groups in total. The number of aromatic amines is 1. The summed E-state index contributed by atoms with van der Waals surface area (Å²) in [5, 5.41) is 3.97. The molecule has 2 heterocycles. The zero-order chi connectivity index (χ0) is 17.8. The molecule has 2 amide bonds. The summed E-state index contributed by atoms with van der Waals surface area (Å²) in [5.74, 6) is 0.232. The van der Waals surface area contributed by atoms with Gasteiger partial charge in [0.2, 0.25) is 0 Å². The van der Waals surface area contributed by atoms with E-state index in [-0.39, 0.29) is 11.8 Å². The highest BCUT2D eigenvalue weighted by atomic mass is 16.2. The quantitative estimate of drug-likeness (QED) is 0.813. The smallest absolute Gasteiger partial charge is 0.321 e. The van der Waals surface area contributed by atoms with E-state index in [1.165, 1.54) is 10.9 Å². The topological polar surface area (TPSA) is 65.2 Å². The zero-order valence-corrected chi connectivity index (χ0v) is 14.9. The van der Waals surface area contributed by atoms with Gasteiger partial charge in [-0.15, -0.1) is 0 Å². The Labute approximate surface area is 148 Å². The van der Waals surface area contributed by atoms with Gasteiger partial charge in [-0.25, -0.2) is 4.79 Å². The minimum absolute atomic E-state index is 0.0840. The second-order valence-corrected chi connectivity index (χ2v) is 6.52. The summed E-state index contributed by atoms with van der Waals surface area (Å²) >= 11 is 0. The van der Waals surface area contributed by atoms with Crippen LogP contribution in [0.25, 0.3) is 16.6 Å². The molecular weight excluding hydrogens is 314 g/mol. The van der Waals surface area contributed by atoms with Crippen LogP contribution in [-0.2, 0) is 11.2 Å². The Morgan fingerprint density at radius 3 is 2.84 bits per heavy atom. The molecule has 3 rings (SSSR count). The number of allylic oxidation sites excluding steroid dienone is 1. The summed E-state index contributed by atoms with van der Waals surface area (Å²) < 4.78 is 0. The third kappa shape index (κ3) is 3.60. The second kappa shape index (κ2) is 7.55. The van der Waals surface area contributed by atoms with Crippen molar-refractivity contribution in [2.75, 3.05) is 13.6 Å². The molecular formula is C20H25N3O2. The van der Waals surface area contributed by atoms with Crippen LogP contribution in [0.5, 0.6) is 0 Å². The van der Waals surface area contributed by atoms with Gasteiger partial charge in [0, 0.05) is 30.9 Å². The van der Waals surface area contributed by atoms with E-state index < -0.39 is 0 Å². The number of ketones is 1. The van der Waals surface area contributed by atoms with Crippen molar-refractivity contribution < 1.29 is 9.59 Å². The number of carbonyl (C=O) groups excluding carboxylic acids is 2. The molecule has 0 radical (unpaired) electrons. The molecule has 0 bridgehead atoms. The Bertz CT molecular complexity index is 819. The van der Waals surface area contributed by atoms with Gasteiger partial charge in [-0.3, -0.25) is 4.90 Å². The normalized spacial score (nSPS) is 15.4. The molecule has 2 aromatic rings. The van der Waals surface area contributed by atoms with Gasteiger partial charge in [-0.2, -0.15) is 0 Å². The molecule has 0 fully saturated rings. The van der Waals surface area contributed by atoms with Crippen molar-refractivity contribution >= 4 is 28.4 Å². The van der Waals surface area contributed by atoms with Crippen molar-refractivity contribution in [2.45, 2.75) is 39.0 Å². The number of H-pyrrole nitrogens is 1. The van der Waals surface area contributed by atoms with E-state index >= 15 is 0 Å². The number of hydrogen-bond acceptors (Lipinski definition) is 2. The van der Waals surface area contributed by atoms with Crippen LogP contribution in [0.4, 0.5) is 4.79 Å². The highest BCUT2D eigenvalue weighted by molar-refractivity contribution is 5.94. The fourth-order valence-corrected chi connectivity index (χ4v) is 3.47. The van der Waals surface area contributed by atoms with E-state index in [0.717, 1.165) is 42.6 Å². The van der Waals surface area contributed by atoms with Crippen LogP contribution in [0, 0.1) is 0 Å². The van der Waals surface area contributed by atoms with Gasteiger partial charge in [0.05, 0.1) is 11.4 Å². The lowest BCUT2D eigenvalue weighted by atomic mass is 10.00. The molecule has 25 heavy (non-hydrogen) atoms. The van der Waals surface area contributed by atoms with Gasteiger partial charge >= 0.3 is 6.03 Å². The molecule has 0 aliphatic carbocycles. The number of carbonyl (C=O) groups is 2. The van der Waals surface area contributed by atoms with Gasteiger partial charge in [0.1, 0.15) is 5.78 Å². The number of benzene rings is 1. The summed E-state index contributed by atoms with van der Waals surface area (Å²) in [6, 6.07) is 8.19. The number of hydrogen-bond donors (Lipinski definition) is 2. The molecule has 1 aliphatic rings. The Morgan fingerprint density at radius 2 is 2.08 bits per heavy atom. The van der Waals surface area contributed by atoms with Crippen molar-refractivity contribution in [3.8, 4) is 0 Å². The number of urea groups is 1. The number of para-hydroxylation sites is 1. The maximum Gasteiger partial charge on any atom is 0.321 e. The lowest BCUT2D eigenvalue weighted by molar-refractivity contribution is -0.117. The van der Waals surface area contributed by atoms with E-state index in [1.807, 2.05) is 17.0 Å². The highest BCUT2D eigenvalue weighted by Crippen LogP contribution is 2.34. The molecule has 1 aliphatic heterocycles. The summed E-state index contributed by atoms with van der Waals surface area (Å²) in [6.07, 6.45) is 6.28. The molecule has 0 unspecified atom stereocenters. The van der Waals surface area contributed by atoms with Crippen molar-refractivity contribution in [2.24, 2.45) is 0 Å². The number of nitrogens with zero attached hydrogens (tertiary/aromatic N) is 1. The summed E-state index contributed by atoms with van der Waals surface area (Å²) in [4.78, 5) is 28.7. The number of rotatable bonds is 5. The van der Waals surface area contributed by atoms with E-state index in [2.05, 4.69) is 28.5 Å². The summed E-state index contributed by atoms with van der Waals surface area (Å²) in [6.45, 7) is 2.30. The fraction of sp³-hybridized carbons (Fsp3) is 0.400. The van der Waals surface area contributed by atoms with Gasteiger partial charge < -0.3 is 15.1 Å². The molecule has 0 saturated heterocycles. The molecule has 5 nitrogen and oxygen atoms in total. The maximum atomic E-state index is 12.3. The third-order valence-electron chi connectivity index (χ3n) is 4.73. The minimum atomic E-state index is -0.0840. The lowest BCUT2D eigenvalue weighted by Crippen LogP contribution is -2.40. The fourth-order valence-electron chi connectivity index (χ4n) is 3.47. The van der Waals surface area contributed by atoms with Gasteiger partial charge in [0.15, 0.2) is 0 Å². The molecule has 0 saturated carbocycles. The highest BCUT2D eigenvalue weighted by Gasteiger charge is 2.27. The second-order valence-electron chi connectivity index (χ2n) is 6.52. The van der Waals surface area contributed by atoms with Crippen LogP contribution >= 0.6 is 0 Å². The number of nitrogens with one attached hydrogen (secondary N) is 2. The lowest BCUT2D eigenvalue weighted by Gasteiger charge is -2.29. The number of amides is 2. The van der Waals surface area contributed by atoms with Gasteiger partial charge in [0.25, 0.3) is 0 Å².